The predicted molar refractivity (Wildman–Crippen MR) is 114 cm³/mol. The Balaban J connectivity index is 1.40. The van der Waals surface area contributed by atoms with E-state index in [1.165, 1.54) is 5.01 Å². The van der Waals surface area contributed by atoms with Crippen molar-refractivity contribution >= 4 is 48.9 Å². The van der Waals surface area contributed by atoms with Gasteiger partial charge in [-0.15, -0.1) is 11.3 Å². The highest BCUT2D eigenvalue weighted by atomic mass is 32.2. The zero-order valence-corrected chi connectivity index (χ0v) is 18.0. The van der Waals surface area contributed by atoms with Crippen LogP contribution in [0.5, 0.6) is 0 Å². The van der Waals surface area contributed by atoms with E-state index in [9.17, 15) is 18.0 Å². The van der Waals surface area contributed by atoms with Crippen LogP contribution in [0.2, 0.25) is 0 Å². The van der Waals surface area contributed by atoms with E-state index in [0.717, 1.165) is 28.1 Å². The van der Waals surface area contributed by atoms with Crippen molar-refractivity contribution in [2.24, 2.45) is 5.10 Å². The zero-order valence-electron chi connectivity index (χ0n) is 16.4. The van der Waals surface area contributed by atoms with E-state index < -0.39 is 15.9 Å². The minimum absolute atomic E-state index is 0.0616. The summed E-state index contributed by atoms with van der Waals surface area (Å²) in [5.41, 5.74) is 1.28. The Hall–Kier alpha value is -2.33. The standard InChI is InChI=1S/C20H22N4O4S2/c25-18-8-7-15(22-24(18)13-9-11-30(27,28)12-13)20(26)23-10-3-5-16(23)19-21-14-4-1-2-6-17(14)29-19/h1-2,4,6,13,16H,3,5,7-12H2/t13-,16-/m1/s1. The first-order chi connectivity index (χ1) is 14.4. The molecule has 0 unspecified atom stereocenters. The third-order valence-corrected chi connectivity index (χ3v) is 8.86. The monoisotopic (exact) mass is 446 g/mol. The van der Waals surface area contributed by atoms with Crippen molar-refractivity contribution < 1.29 is 18.0 Å². The number of carbonyl (C=O) groups excluding carboxylic acids is 2. The third kappa shape index (κ3) is 3.51. The van der Waals surface area contributed by atoms with Crippen LogP contribution in [0.4, 0.5) is 0 Å². The molecule has 0 radical (unpaired) electrons. The van der Waals surface area contributed by atoms with Crippen LogP contribution in [0.3, 0.4) is 0 Å². The summed E-state index contributed by atoms with van der Waals surface area (Å²) in [5, 5.41) is 6.53. The van der Waals surface area contributed by atoms with Gasteiger partial charge in [0.2, 0.25) is 5.91 Å². The molecule has 0 N–H and O–H groups in total. The van der Waals surface area contributed by atoms with Crippen LogP contribution in [0, 0.1) is 0 Å². The molecule has 0 bridgehead atoms. The van der Waals surface area contributed by atoms with Crippen LogP contribution in [0.15, 0.2) is 29.4 Å². The fourth-order valence-electron chi connectivity index (χ4n) is 4.44. The molecule has 3 aliphatic rings. The van der Waals surface area contributed by atoms with Crippen LogP contribution in [0.25, 0.3) is 10.2 Å². The summed E-state index contributed by atoms with van der Waals surface area (Å²) in [7, 11) is -3.14. The average Bonchev–Trinajstić information content (AvgIpc) is 3.44. The Bertz CT molecular complexity index is 1120. The van der Waals surface area contributed by atoms with Gasteiger partial charge >= 0.3 is 0 Å². The summed E-state index contributed by atoms with van der Waals surface area (Å²) >= 11 is 1.61. The van der Waals surface area contributed by atoms with E-state index in [0.29, 0.717) is 18.7 Å². The highest BCUT2D eigenvalue weighted by molar-refractivity contribution is 7.91. The Labute approximate surface area is 178 Å². The number of hydrogen-bond acceptors (Lipinski definition) is 7. The van der Waals surface area contributed by atoms with E-state index in [1.54, 1.807) is 11.3 Å². The number of nitrogens with zero attached hydrogens (tertiary/aromatic N) is 4. The number of hydrazone groups is 1. The molecule has 0 spiro atoms. The number of carbonyl (C=O) groups is 2. The first kappa shape index (κ1) is 19.6. The molecule has 1 aromatic heterocycles. The number of para-hydroxylation sites is 1. The van der Waals surface area contributed by atoms with Crippen molar-refractivity contribution in [2.45, 2.75) is 44.2 Å². The van der Waals surface area contributed by atoms with E-state index in [1.807, 2.05) is 29.2 Å². The largest absolute Gasteiger partial charge is 0.328 e. The second-order valence-electron chi connectivity index (χ2n) is 8.02. The summed E-state index contributed by atoms with van der Waals surface area (Å²) in [6, 6.07) is 7.38. The van der Waals surface area contributed by atoms with Crippen molar-refractivity contribution in [3.8, 4) is 0 Å². The Morgan fingerprint density at radius 3 is 2.77 bits per heavy atom. The van der Waals surface area contributed by atoms with Gasteiger partial charge in [0.25, 0.3) is 5.91 Å². The molecule has 2 fully saturated rings. The smallest absolute Gasteiger partial charge is 0.270 e. The maximum Gasteiger partial charge on any atom is 0.270 e. The van der Waals surface area contributed by atoms with Gasteiger partial charge in [0.1, 0.15) is 10.7 Å². The lowest BCUT2D eigenvalue weighted by molar-refractivity contribution is -0.134. The maximum atomic E-state index is 13.3. The first-order valence-corrected chi connectivity index (χ1v) is 12.8. The van der Waals surface area contributed by atoms with Crippen LogP contribution < -0.4 is 0 Å². The molecule has 10 heteroatoms. The van der Waals surface area contributed by atoms with Gasteiger partial charge in [-0.05, 0) is 31.4 Å². The molecular weight excluding hydrogens is 424 g/mol. The number of sulfone groups is 1. The quantitative estimate of drug-likeness (QED) is 0.719. The lowest BCUT2D eigenvalue weighted by atomic mass is 10.1. The number of fused-ring (bicyclic) bond motifs is 1. The highest BCUT2D eigenvalue weighted by Gasteiger charge is 2.40. The van der Waals surface area contributed by atoms with E-state index in [-0.39, 0.29) is 42.2 Å². The Morgan fingerprint density at radius 2 is 2.00 bits per heavy atom. The molecule has 2 saturated heterocycles. The molecule has 30 heavy (non-hydrogen) atoms. The van der Waals surface area contributed by atoms with E-state index in [4.69, 9.17) is 4.98 Å². The molecule has 2 amide bonds. The highest BCUT2D eigenvalue weighted by Crippen LogP contribution is 2.37. The van der Waals surface area contributed by atoms with Crippen molar-refractivity contribution in [1.29, 1.82) is 0 Å². The number of likely N-dealkylation sites (tertiary alicyclic amines) is 1. The molecule has 5 rings (SSSR count). The van der Waals surface area contributed by atoms with Gasteiger partial charge < -0.3 is 4.90 Å². The molecule has 8 nitrogen and oxygen atoms in total. The number of rotatable bonds is 3. The predicted octanol–water partition coefficient (Wildman–Crippen LogP) is 2.13. The minimum atomic E-state index is -3.14. The number of thiazole rings is 1. The summed E-state index contributed by atoms with van der Waals surface area (Å²) in [5.74, 6) is -0.402. The molecule has 1 aromatic carbocycles. The van der Waals surface area contributed by atoms with Gasteiger partial charge in [-0.25, -0.2) is 18.4 Å². The van der Waals surface area contributed by atoms with Crippen LogP contribution >= 0.6 is 11.3 Å². The van der Waals surface area contributed by atoms with Gasteiger partial charge in [0.05, 0.1) is 33.8 Å². The van der Waals surface area contributed by atoms with Crippen LogP contribution in [-0.4, -0.2) is 64.9 Å². The summed E-state index contributed by atoms with van der Waals surface area (Å²) in [6.45, 7) is 0.629. The van der Waals surface area contributed by atoms with Crippen molar-refractivity contribution in [3.05, 3.63) is 29.3 Å². The first-order valence-electron chi connectivity index (χ1n) is 10.2. The van der Waals surface area contributed by atoms with Crippen molar-refractivity contribution in [2.75, 3.05) is 18.1 Å². The SMILES string of the molecule is O=C(C1=NN([C@@H]2CCS(=O)(=O)C2)C(=O)CC1)N1CCC[C@@H]1c1nc2ccccc2s1. The normalized spacial score (nSPS) is 26.4. The van der Waals surface area contributed by atoms with E-state index >= 15 is 0 Å². The zero-order chi connectivity index (χ0) is 20.9. The lowest BCUT2D eigenvalue weighted by Crippen LogP contribution is -2.44. The molecule has 158 valence electrons. The Morgan fingerprint density at radius 1 is 1.17 bits per heavy atom. The van der Waals surface area contributed by atoms with Crippen molar-refractivity contribution in [3.63, 3.8) is 0 Å². The fourth-order valence-corrected chi connectivity index (χ4v) is 7.25. The summed E-state index contributed by atoms with van der Waals surface area (Å²) in [6.07, 6.45) is 2.58. The topological polar surface area (TPSA) is 100 Å². The van der Waals surface area contributed by atoms with Gasteiger partial charge in [-0.2, -0.15) is 5.10 Å². The molecule has 2 aromatic rings. The summed E-state index contributed by atoms with van der Waals surface area (Å²) in [4.78, 5) is 32.2. The van der Waals surface area contributed by atoms with Crippen LogP contribution in [0.1, 0.15) is 43.2 Å². The van der Waals surface area contributed by atoms with Gasteiger partial charge in [0.15, 0.2) is 9.84 Å². The van der Waals surface area contributed by atoms with Gasteiger partial charge in [-0.1, -0.05) is 12.1 Å². The molecular formula is C20H22N4O4S2. The fraction of sp³-hybridized carbons (Fsp3) is 0.500. The molecule has 4 heterocycles. The molecule has 0 aliphatic carbocycles. The van der Waals surface area contributed by atoms with E-state index in [2.05, 4.69) is 5.10 Å². The van der Waals surface area contributed by atoms with Gasteiger partial charge in [-0.3, -0.25) is 9.59 Å². The second kappa shape index (κ2) is 7.42. The molecule has 0 saturated carbocycles. The van der Waals surface area contributed by atoms with Gasteiger partial charge in [0, 0.05) is 19.4 Å². The molecule has 3 aliphatic heterocycles. The number of hydrogen-bond donors (Lipinski definition) is 0. The number of amides is 2. The number of benzene rings is 1. The van der Waals surface area contributed by atoms with Crippen LogP contribution in [-0.2, 0) is 19.4 Å². The lowest BCUT2D eigenvalue weighted by Gasteiger charge is -2.30. The number of aromatic nitrogens is 1. The minimum Gasteiger partial charge on any atom is -0.328 e. The second-order valence-corrected chi connectivity index (χ2v) is 11.3. The maximum absolute atomic E-state index is 13.3. The summed E-state index contributed by atoms with van der Waals surface area (Å²) < 4.78 is 24.7. The Kier molecular flexibility index (Phi) is 4.85. The average molecular weight is 447 g/mol. The van der Waals surface area contributed by atoms with Crippen molar-refractivity contribution in [1.82, 2.24) is 14.9 Å². The third-order valence-electron chi connectivity index (χ3n) is 5.97. The molecule has 2 atom stereocenters.